The van der Waals surface area contributed by atoms with Crippen LogP contribution in [0.1, 0.15) is 0 Å². The maximum absolute atomic E-state index is 9.12. The number of hydrogen-bond donors (Lipinski definition) is 1. The van der Waals surface area contributed by atoms with E-state index in [2.05, 4.69) is 16.6 Å². The van der Waals surface area contributed by atoms with Crippen molar-refractivity contribution in [2.75, 3.05) is 0 Å². The van der Waals surface area contributed by atoms with Crippen LogP contribution in [0.3, 0.4) is 0 Å². The fraction of sp³-hybridized carbons (Fsp3) is 0. The molecule has 0 aliphatic carbocycles. The van der Waals surface area contributed by atoms with E-state index in [1.807, 2.05) is 0 Å². The van der Waals surface area contributed by atoms with Gasteiger partial charge in [0.15, 0.2) is 12.9 Å². The minimum Gasteiger partial charge on any atom is -0.182 e. The van der Waals surface area contributed by atoms with Crippen molar-refractivity contribution in [2.24, 2.45) is 0 Å². The van der Waals surface area contributed by atoms with Crippen molar-refractivity contribution in [1.29, 1.82) is 0 Å². The third-order valence-electron chi connectivity index (χ3n) is 0.0845. The number of hydrogen-bond acceptors (Lipinski definition) is 5. The van der Waals surface area contributed by atoms with E-state index in [4.69, 9.17) is 14.0 Å². The molecular weight excluding hydrogens is 132 g/mol. The molecule has 0 amide bonds. The summed E-state index contributed by atoms with van der Waals surface area (Å²) in [5.41, 5.74) is 0. The Balaban J connectivity index is 3.17. The average molecular weight is 133 g/mol. The summed E-state index contributed by atoms with van der Waals surface area (Å²) in [5, 5.41) is 0. The summed E-state index contributed by atoms with van der Waals surface area (Å²) in [6.07, 6.45) is 0. The third kappa shape index (κ3) is 4.48. The Morgan fingerprint density at radius 1 is 1.33 bits per heavy atom. The van der Waals surface area contributed by atoms with Crippen LogP contribution in [-0.2, 0) is 3.74 Å². The molecule has 0 bridgehead atoms. The van der Waals surface area contributed by atoms with E-state index in [-0.39, 0.29) is 0 Å². The van der Waals surface area contributed by atoms with Crippen LogP contribution in [-0.4, -0.2) is 0 Å². The summed E-state index contributed by atoms with van der Waals surface area (Å²) < 4.78 is 30.4. The predicted molar refractivity (Wildman–Crippen MR) is 10.1 cm³/mol. The summed E-state index contributed by atoms with van der Waals surface area (Å²) in [5.74, 6) is 0. The molecule has 0 saturated carbocycles. The van der Waals surface area contributed by atoms with Crippen LogP contribution in [0.15, 0.2) is 0 Å². The van der Waals surface area contributed by atoms with Gasteiger partial charge in [0.05, 0.1) is 10.2 Å². The largest absolute Gasteiger partial charge is 0.182 e. The Morgan fingerprint density at radius 3 is 1.50 bits per heavy atom. The van der Waals surface area contributed by atoms with Crippen molar-refractivity contribution in [1.82, 2.24) is 0 Å². The van der Waals surface area contributed by atoms with Gasteiger partial charge in [-0.15, -0.1) is 0 Å². The van der Waals surface area contributed by atoms with E-state index in [1.54, 1.807) is 0 Å². The van der Waals surface area contributed by atoms with Gasteiger partial charge in [0.25, 0.3) is 0 Å². The third-order valence-corrected chi connectivity index (χ3v) is 0.761. The number of halogens is 1. The highest BCUT2D eigenvalue weighted by atomic mass is 35.7. The van der Waals surface area contributed by atoms with Crippen molar-refractivity contribution in [2.45, 2.75) is 0 Å². The van der Waals surface area contributed by atoms with Gasteiger partial charge < -0.3 is 0 Å². The van der Waals surface area contributed by atoms with E-state index < -0.39 is 10.2 Å². The van der Waals surface area contributed by atoms with Gasteiger partial charge in [-0.25, -0.2) is 0 Å². The molecule has 0 atom stereocenters. The fourth-order valence-electron chi connectivity index (χ4n) is 0. The highest BCUT2D eigenvalue weighted by Gasteiger charge is 2.10. The summed E-state index contributed by atoms with van der Waals surface area (Å²) in [4.78, 5) is 0. The molecule has 0 unspecified atom stereocenters. The number of thiol groups is 1. The summed E-state index contributed by atoms with van der Waals surface area (Å²) in [7, 11) is -4.31. The van der Waals surface area contributed by atoms with Crippen LogP contribution < -0.4 is 14.0 Å². The second kappa shape index (κ2) is 1.97. The van der Waals surface area contributed by atoms with Crippen molar-refractivity contribution in [3.63, 3.8) is 0 Å². The number of rotatable bonds is 1. The zero-order valence-electron chi connectivity index (χ0n) is 2.46. The second-order valence-electron chi connectivity index (χ2n) is 0.447. The maximum Gasteiger partial charge on any atom is 0.156 e. The lowest BCUT2D eigenvalue weighted by Crippen LogP contribution is -2.59. The van der Waals surface area contributed by atoms with Crippen LogP contribution in [0.4, 0.5) is 0 Å². The second-order valence-corrected chi connectivity index (χ2v) is 1.75. The lowest BCUT2D eigenvalue weighted by atomic mass is 15.8. The highest BCUT2D eigenvalue weighted by Crippen LogP contribution is 1.87. The van der Waals surface area contributed by atoms with Gasteiger partial charge >= 0.3 is 0 Å². The lowest BCUT2D eigenvalue weighted by Gasteiger charge is -2.06. The van der Waals surface area contributed by atoms with Crippen molar-refractivity contribution in [3.05, 3.63) is 0 Å². The fourth-order valence-corrected chi connectivity index (χ4v) is 0. The molecule has 6 heteroatoms. The summed E-state index contributed by atoms with van der Waals surface area (Å²) in [6, 6.07) is 0. The lowest BCUT2D eigenvalue weighted by molar-refractivity contribution is -1.91. The van der Waals surface area contributed by atoms with Gasteiger partial charge in [0, 0.05) is 0 Å². The molecule has 0 aromatic carbocycles. The SMILES string of the molecule is [O-][Cl+3]([O-])([O-])OS. The van der Waals surface area contributed by atoms with Crippen LogP contribution in [0.5, 0.6) is 0 Å². The van der Waals surface area contributed by atoms with E-state index >= 15 is 0 Å². The molecule has 0 N–H and O–H groups in total. The first-order valence-corrected chi connectivity index (χ1v) is 2.40. The standard InChI is InChI=1S/ClHO4S/c2-1(3,4)5-6/h6H. The van der Waals surface area contributed by atoms with Crippen LogP contribution in [0.2, 0.25) is 0 Å². The maximum atomic E-state index is 9.12. The molecule has 0 heterocycles. The molecule has 4 nitrogen and oxygen atoms in total. The molecule has 0 radical (unpaired) electrons. The Bertz CT molecular complexity index is 37.3. The first-order chi connectivity index (χ1) is 2.56. The topological polar surface area (TPSA) is 78.4 Å². The van der Waals surface area contributed by atoms with Crippen molar-refractivity contribution in [3.8, 4) is 0 Å². The van der Waals surface area contributed by atoms with E-state index in [1.165, 1.54) is 0 Å². The highest BCUT2D eigenvalue weighted by molar-refractivity contribution is 7.74. The first kappa shape index (κ1) is 6.48. The zero-order chi connectivity index (χ0) is 5.21. The smallest absolute Gasteiger partial charge is 0.156 e. The molecule has 0 aliphatic rings. The van der Waals surface area contributed by atoms with Gasteiger partial charge in [0.2, 0.25) is 0 Å². The summed E-state index contributed by atoms with van der Waals surface area (Å²) >= 11 is 2.69. The first-order valence-electron chi connectivity index (χ1n) is 0.800. The Kier molecular flexibility index (Phi) is 2.12. The molecule has 0 rings (SSSR count). The normalized spacial score (nSPS) is 12.0. The van der Waals surface area contributed by atoms with Gasteiger partial charge in [0.1, 0.15) is 3.74 Å². The molecule has 38 valence electrons. The van der Waals surface area contributed by atoms with Crippen molar-refractivity contribution < 1.29 is 28.0 Å². The van der Waals surface area contributed by atoms with Crippen LogP contribution in [0, 0.1) is 10.2 Å². The minimum absolute atomic E-state index is 2.69. The molecule has 0 spiro atoms. The molecular formula is HClO4S. The molecule has 0 aromatic heterocycles. The molecule has 0 aromatic rings. The van der Waals surface area contributed by atoms with E-state index in [0.717, 1.165) is 0 Å². The Labute approximate surface area is 41.7 Å². The van der Waals surface area contributed by atoms with E-state index in [9.17, 15) is 0 Å². The van der Waals surface area contributed by atoms with Gasteiger partial charge in [-0.05, 0) is 0 Å². The van der Waals surface area contributed by atoms with Crippen LogP contribution >= 0.6 is 12.9 Å². The quantitative estimate of drug-likeness (QED) is 0.300. The van der Waals surface area contributed by atoms with E-state index in [0.29, 0.717) is 0 Å². The Morgan fingerprint density at radius 2 is 1.50 bits per heavy atom. The molecule has 6 heavy (non-hydrogen) atoms. The average Bonchev–Trinajstić information content (AvgIpc) is 1.35. The zero-order valence-corrected chi connectivity index (χ0v) is 4.11. The Hall–Kier alpha value is 0.480. The molecule has 0 fully saturated rings. The van der Waals surface area contributed by atoms with Gasteiger partial charge in [-0.2, -0.15) is 14.0 Å². The molecule has 0 aliphatic heterocycles. The van der Waals surface area contributed by atoms with Gasteiger partial charge in [-0.3, -0.25) is 0 Å². The van der Waals surface area contributed by atoms with Crippen molar-refractivity contribution >= 4 is 12.9 Å². The summed E-state index contributed by atoms with van der Waals surface area (Å²) in [6.45, 7) is 0. The van der Waals surface area contributed by atoms with Gasteiger partial charge in [-0.1, -0.05) is 0 Å². The minimum atomic E-state index is -4.31. The predicted octanol–water partition coefficient (Wildman–Crippen LogP) is -3.25. The van der Waals surface area contributed by atoms with Crippen LogP contribution in [0.25, 0.3) is 0 Å². The monoisotopic (exact) mass is 132 g/mol. The molecule has 0 saturated heterocycles.